The first-order valence-corrected chi connectivity index (χ1v) is 7.06. The highest BCUT2D eigenvalue weighted by Gasteiger charge is 2.27. The van der Waals surface area contributed by atoms with Crippen molar-refractivity contribution in [1.29, 1.82) is 0 Å². The third kappa shape index (κ3) is 3.62. The first-order chi connectivity index (χ1) is 10.0. The second kappa shape index (κ2) is 6.43. The topological polar surface area (TPSA) is 82.2 Å². The van der Waals surface area contributed by atoms with Crippen molar-refractivity contribution < 1.29 is 9.59 Å². The van der Waals surface area contributed by atoms with E-state index in [1.165, 1.54) is 5.01 Å². The van der Waals surface area contributed by atoms with E-state index in [1.54, 1.807) is 35.2 Å². The Kier molecular flexibility index (Phi) is 4.62. The summed E-state index contributed by atoms with van der Waals surface area (Å²) in [7, 11) is 1.75. The van der Waals surface area contributed by atoms with Crippen LogP contribution in [0.5, 0.6) is 0 Å². The van der Waals surface area contributed by atoms with E-state index in [0.717, 1.165) is 12.8 Å². The van der Waals surface area contributed by atoms with Gasteiger partial charge in [-0.05, 0) is 18.6 Å². The summed E-state index contributed by atoms with van der Waals surface area (Å²) < 4.78 is 0. The van der Waals surface area contributed by atoms with Gasteiger partial charge in [-0.2, -0.15) is 5.10 Å². The standard InChI is InChI=1S/C14H21N5O2/c1-3-4-7-17(2)13(20)10-19-14(21)9-18-8-11(15)5-6-12(18)16-19/h5-6,8H,3-4,7,9-10,15H2,1-2H3. The molecule has 0 aromatic heterocycles. The predicted octanol–water partition coefficient (Wildman–Crippen LogP) is 0.0725. The van der Waals surface area contributed by atoms with Crippen LogP contribution in [0.1, 0.15) is 19.8 Å². The second-order valence-electron chi connectivity index (χ2n) is 5.17. The summed E-state index contributed by atoms with van der Waals surface area (Å²) in [6, 6.07) is 0. The lowest BCUT2D eigenvalue weighted by Gasteiger charge is -2.32. The van der Waals surface area contributed by atoms with E-state index in [4.69, 9.17) is 5.73 Å². The van der Waals surface area contributed by atoms with Crippen LogP contribution in [-0.2, 0) is 9.59 Å². The van der Waals surface area contributed by atoms with Gasteiger partial charge in [0.15, 0.2) is 5.84 Å². The molecule has 21 heavy (non-hydrogen) atoms. The molecule has 2 N–H and O–H groups in total. The quantitative estimate of drug-likeness (QED) is 0.777. The molecule has 2 amide bonds. The molecule has 0 atom stereocenters. The van der Waals surface area contributed by atoms with Gasteiger partial charge < -0.3 is 15.5 Å². The molecule has 2 aliphatic heterocycles. The van der Waals surface area contributed by atoms with Crippen LogP contribution in [0.3, 0.4) is 0 Å². The largest absolute Gasteiger partial charge is 0.398 e. The molecule has 7 heteroatoms. The molecule has 0 aliphatic carbocycles. The number of likely N-dealkylation sites (N-methyl/N-ethyl adjacent to an activating group) is 1. The van der Waals surface area contributed by atoms with E-state index in [2.05, 4.69) is 12.0 Å². The van der Waals surface area contributed by atoms with Gasteiger partial charge in [-0.25, -0.2) is 5.01 Å². The molecule has 2 heterocycles. The molecule has 0 aromatic rings. The number of hydrazone groups is 1. The molecule has 0 saturated heterocycles. The van der Waals surface area contributed by atoms with Crippen LogP contribution >= 0.6 is 0 Å². The van der Waals surface area contributed by atoms with Gasteiger partial charge in [0.25, 0.3) is 5.91 Å². The molecule has 0 spiro atoms. The Morgan fingerprint density at radius 2 is 2.24 bits per heavy atom. The summed E-state index contributed by atoms with van der Waals surface area (Å²) in [6.07, 6.45) is 7.10. The molecule has 2 aliphatic rings. The fourth-order valence-corrected chi connectivity index (χ4v) is 2.07. The highest BCUT2D eigenvalue weighted by atomic mass is 16.2. The van der Waals surface area contributed by atoms with Crippen LogP contribution in [0.15, 0.2) is 29.2 Å². The maximum absolute atomic E-state index is 12.1. The van der Waals surface area contributed by atoms with Crippen molar-refractivity contribution >= 4 is 17.6 Å². The lowest BCUT2D eigenvalue weighted by molar-refractivity contribution is -0.140. The number of rotatable bonds is 5. The van der Waals surface area contributed by atoms with Gasteiger partial charge in [-0.3, -0.25) is 9.59 Å². The summed E-state index contributed by atoms with van der Waals surface area (Å²) in [5.41, 5.74) is 6.26. The molecular weight excluding hydrogens is 270 g/mol. The number of carbonyl (C=O) groups excluding carboxylic acids is 2. The number of amides is 2. The first kappa shape index (κ1) is 15.1. The first-order valence-electron chi connectivity index (χ1n) is 7.06. The highest BCUT2D eigenvalue weighted by Crippen LogP contribution is 2.13. The average Bonchev–Trinajstić information content (AvgIpc) is 2.45. The monoisotopic (exact) mass is 291 g/mol. The molecule has 0 saturated carbocycles. The summed E-state index contributed by atoms with van der Waals surface area (Å²) in [5, 5.41) is 5.45. The van der Waals surface area contributed by atoms with Crippen molar-refractivity contribution in [1.82, 2.24) is 14.8 Å². The summed E-state index contributed by atoms with van der Waals surface area (Å²) in [4.78, 5) is 27.4. The van der Waals surface area contributed by atoms with Crippen LogP contribution in [-0.4, -0.2) is 59.1 Å². The van der Waals surface area contributed by atoms with Gasteiger partial charge in [0.2, 0.25) is 5.91 Å². The summed E-state index contributed by atoms with van der Waals surface area (Å²) in [5.74, 6) is 0.299. The molecular formula is C14H21N5O2. The molecule has 0 fully saturated rings. The maximum atomic E-state index is 12.1. The number of fused-ring (bicyclic) bond motifs is 1. The minimum absolute atomic E-state index is 0.0244. The molecule has 0 radical (unpaired) electrons. The van der Waals surface area contributed by atoms with Crippen molar-refractivity contribution in [3.63, 3.8) is 0 Å². The normalized spacial score (nSPS) is 17.3. The zero-order valence-electron chi connectivity index (χ0n) is 12.5. The molecule has 0 aromatic carbocycles. The fourth-order valence-electron chi connectivity index (χ4n) is 2.07. The van der Waals surface area contributed by atoms with Gasteiger partial charge in [0.1, 0.15) is 13.1 Å². The Morgan fingerprint density at radius 3 is 2.95 bits per heavy atom. The van der Waals surface area contributed by atoms with Gasteiger partial charge in [0, 0.05) is 25.5 Å². The van der Waals surface area contributed by atoms with Crippen molar-refractivity contribution in [2.75, 3.05) is 26.7 Å². The van der Waals surface area contributed by atoms with E-state index in [9.17, 15) is 9.59 Å². The van der Waals surface area contributed by atoms with Crippen LogP contribution in [0.25, 0.3) is 0 Å². The SMILES string of the molecule is CCCCN(C)C(=O)CN1N=C2C=CC(N)=CN2CC1=O. The number of carbonyl (C=O) groups is 2. The maximum Gasteiger partial charge on any atom is 0.263 e. The third-order valence-electron chi connectivity index (χ3n) is 3.40. The van der Waals surface area contributed by atoms with Crippen LogP contribution < -0.4 is 5.73 Å². The Labute approximate surface area is 124 Å². The summed E-state index contributed by atoms with van der Waals surface area (Å²) >= 11 is 0. The number of allylic oxidation sites excluding steroid dienone is 1. The van der Waals surface area contributed by atoms with Crippen LogP contribution in [0, 0.1) is 0 Å². The number of amidine groups is 1. The zero-order valence-corrected chi connectivity index (χ0v) is 12.5. The molecule has 0 unspecified atom stereocenters. The van der Waals surface area contributed by atoms with E-state index in [1.807, 2.05) is 0 Å². The fraction of sp³-hybridized carbons (Fsp3) is 0.500. The number of nitrogens with zero attached hydrogens (tertiary/aromatic N) is 4. The third-order valence-corrected chi connectivity index (χ3v) is 3.40. The minimum atomic E-state index is -0.213. The van der Waals surface area contributed by atoms with E-state index in [0.29, 0.717) is 18.1 Å². The number of unbranched alkanes of at least 4 members (excludes halogenated alkanes) is 1. The number of hydrogen-bond acceptors (Lipinski definition) is 5. The molecule has 114 valence electrons. The van der Waals surface area contributed by atoms with Gasteiger partial charge in [0.05, 0.1) is 0 Å². The number of hydrogen-bond donors (Lipinski definition) is 1. The number of nitrogens with two attached hydrogens (primary N) is 1. The van der Waals surface area contributed by atoms with Crippen molar-refractivity contribution in [3.8, 4) is 0 Å². The lowest BCUT2D eigenvalue weighted by Crippen LogP contribution is -2.48. The van der Waals surface area contributed by atoms with Crippen molar-refractivity contribution in [2.24, 2.45) is 10.8 Å². The van der Waals surface area contributed by atoms with Crippen molar-refractivity contribution in [3.05, 3.63) is 24.0 Å². The second-order valence-corrected chi connectivity index (χ2v) is 5.17. The van der Waals surface area contributed by atoms with Crippen LogP contribution in [0.4, 0.5) is 0 Å². The lowest BCUT2D eigenvalue weighted by atomic mass is 10.2. The Bertz CT molecular complexity index is 523. The molecule has 7 nitrogen and oxygen atoms in total. The summed E-state index contributed by atoms with van der Waals surface area (Å²) in [6.45, 7) is 2.89. The van der Waals surface area contributed by atoms with Gasteiger partial charge in [-0.15, -0.1) is 0 Å². The average molecular weight is 291 g/mol. The van der Waals surface area contributed by atoms with E-state index < -0.39 is 0 Å². The van der Waals surface area contributed by atoms with Gasteiger partial charge in [-0.1, -0.05) is 13.3 Å². The zero-order chi connectivity index (χ0) is 15.4. The van der Waals surface area contributed by atoms with E-state index in [-0.39, 0.29) is 24.9 Å². The van der Waals surface area contributed by atoms with Crippen molar-refractivity contribution in [2.45, 2.75) is 19.8 Å². The highest BCUT2D eigenvalue weighted by molar-refractivity contribution is 6.01. The predicted molar refractivity (Wildman–Crippen MR) is 79.8 cm³/mol. The Morgan fingerprint density at radius 1 is 1.48 bits per heavy atom. The van der Waals surface area contributed by atoms with Gasteiger partial charge >= 0.3 is 0 Å². The Balaban J connectivity index is 2.01. The molecule has 2 rings (SSSR count). The molecule has 0 bridgehead atoms. The Hall–Kier alpha value is -2.31. The smallest absolute Gasteiger partial charge is 0.263 e. The van der Waals surface area contributed by atoms with E-state index >= 15 is 0 Å². The van der Waals surface area contributed by atoms with Crippen LogP contribution in [0.2, 0.25) is 0 Å². The minimum Gasteiger partial charge on any atom is -0.398 e.